The summed E-state index contributed by atoms with van der Waals surface area (Å²) in [4.78, 5) is 26.2. The number of ether oxygens (including phenoxy) is 1. The third kappa shape index (κ3) is 5.18. The fourth-order valence-electron chi connectivity index (χ4n) is 1.54. The van der Waals surface area contributed by atoms with Crippen LogP contribution in [-0.4, -0.2) is 47.1 Å². The highest BCUT2D eigenvalue weighted by Gasteiger charge is 2.15. The number of nitrogens with one attached hydrogen (secondary N) is 2. The van der Waals surface area contributed by atoms with E-state index in [1.54, 1.807) is 13.2 Å². The van der Waals surface area contributed by atoms with Gasteiger partial charge in [-0.3, -0.25) is 14.6 Å². The van der Waals surface area contributed by atoms with Gasteiger partial charge in [0.25, 0.3) is 5.56 Å². The third-order valence-corrected chi connectivity index (χ3v) is 4.91. The predicted octanol–water partition coefficient (Wildman–Crippen LogP) is 2.05. The van der Waals surface area contributed by atoms with Crippen LogP contribution < -0.4 is 10.9 Å². The SMILES string of the molecule is COCCNC(=O)CSc1nnc(-c2cc(Cl)sc2Cl)c(=O)[nH]1. The maximum atomic E-state index is 12.1. The van der Waals surface area contributed by atoms with Gasteiger partial charge in [-0.1, -0.05) is 35.0 Å². The van der Waals surface area contributed by atoms with Gasteiger partial charge in [-0.05, 0) is 6.07 Å². The van der Waals surface area contributed by atoms with E-state index in [0.717, 1.165) is 23.1 Å². The molecular formula is C12H12Cl2N4O3S2. The van der Waals surface area contributed by atoms with E-state index in [1.807, 2.05) is 0 Å². The molecule has 0 fully saturated rings. The van der Waals surface area contributed by atoms with Gasteiger partial charge in [-0.15, -0.1) is 21.5 Å². The van der Waals surface area contributed by atoms with E-state index in [4.69, 9.17) is 27.9 Å². The molecule has 23 heavy (non-hydrogen) atoms. The van der Waals surface area contributed by atoms with E-state index in [-0.39, 0.29) is 22.5 Å². The molecule has 0 atom stereocenters. The summed E-state index contributed by atoms with van der Waals surface area (Å²) in [6.45, 7) is 0.861. The lowest BCUT2D eigenvalue weighted by molar-refractivity contribution is -0.118. The van der Waals surface area contributed by atoms with Crippen molar-refractivity contribution >= 4 is 52.2 Å². The number of hydrogen-bond acceptors (Lipinski definition) is 7. The second-order valence-electron chi connectivity index (χ2n) is 4.18. The standard InChI is InChI=1S/C12H12Cl2N4O3S2/c1-21-3-2-15-8(19)5-22-12-16-11(20)9(17-18-12)6-4-7(13)23-10(6)14/h4H,2-3,5H2,1H3,(H,15,19)(H,16,18,20). The van der Waals surface area contributed by atoms with Crippen molar-refractivity contribution in [1.29, 1.82) is 0 Å². The Bertz CT molecular complexity index is 750. The zero-order valence-electron chi connectivity index (χ0n) is 11.9. The molecule has 2 rings (SSSR count). The smallest absolute Gasteiger partial charge is 0.278 e. The fraction of sp³-hybridized carbons (Fsp3) is 0.333. The maximum Gasteiger partial charge on any atom is 0.278 e. The van der Waals surface area contributed by atoms with Crippen LogP contribution in [0.25, 0.3) is 11.3 Å². The van der Waals surface area contributed by atoms with Crippen molar-refractivity contribution in [2.24, 2.45) is 0 Å². The number of thiophene rings is 1. The molecule has 0 aromatic carbocycles. The Morgan fingerprint density at radius 2 is 2.26 bits per heavy atom. The Labute approximate surface area is 149 Å². The van der Waals surface area contributed by atoms with Crippen molar-refractivity contribution in [3.8, 4) is 11.3 Å². The third-order valence-electron chi connectivity index (χ3n) is 2.56. The van der Waals surface area contributed by atoms with E-state index in [2.05, 4.69) is 20.5 Å². The molecule has 2 aromatic rings. The number of aromatic nitrogens is 3. The summed E-state index contributed by atoms with van der Waals surface area (Å²) in [5.41, 5.74) is 0.0787. The van der Waals surface area contributed by atoms with E-state index in [9.17, 15) is 9.59 Å². The Hall–Kier alpha value is -1.13. The summed E-state index contributed by atoms with van der Waals surface area (Å²) in [6.07, 6.45) is 0. The first-order valence-electron chi connectivity index (χ1n) is 6.32. The molecule has 2 N–H and O–H groups in total. The minimum Gasteiger partial charge on any atom is -0.383 e. The van der Waals surface area contributed by atoms with Crippen LogP contribution in [-0.2, 0) is 9.53 Å². The summed E-state index contributed by atoms with van der Waals surface area (Å²) in [5.74, 6) is -0.0786. The molecule has 0 spiro atoms. The molecule has 0 aliphatic carbocycles. The molecule has 2 aromatic heterocycles. The summed E-state index contributed by atoms with van der Waals surface area (Å²) >= 11 is 14.1. The summed E-state index contributed by atoms with van der Waals surface area (Å²) in [7, 11) is 1.55. The molecule has 1 amide bonds. The van der Waals surface area contributed by atoms with Crippen molar-refractivity contribution in [2.45, 2.75) is 5.16 Å². The van der Waals surface area contributed by atoms with Crippen LogP contribution in [0.15, 0.2) is 16.0 Å². The van der Waals surface area contributed by atoms with E-state index in [0.29, 0.717) is 27.4 Å². The molecule has 7 nitrogen and oxygen atoms in total. The monoisotopic (exact) mass is 394 g/mol. The van der Waals surface area contributed by atoms with Gasteiger partial charge in [0.1, 0.15) is 4.34 Å². The first-order valence-corrected chi connectivity index (χ1v) is 8.87. The van der Waals surface area contributed by atoms with Crippen LogP contribution in [0.5, 0.6) is 0 Å². The second kappa shape index (κ2) is 8.65. The zero-order valence-corrected chi connectivity index (χ0v) is 15.0. The van der Waals surface area contributed by atoms with Crippen LogP contribution in [0.1, 0.15) is 0 Å². The normalized spacial score (nSPS) is 10.7. The fourth-order valence-corrected chi connectivity index (χ4v) is 3.64. The summed E-state index contributed by atoms with van der Waals surface area (Å²) in [6, 6.07) is 1.56. The topological polar surface area (TPSA) is 97.0 Å². The number of H-pyrrole nitrogens is 1. The quantitative estimate of drug-likeness (QED) is 0.550. The minimum absolute atomic E-state index is 0.0899. The van der Waals surface area contributed by atoms with Crippen LogP contribution in [0, 0.1) is 0 Å². The van der Waals surface area contributed by atoms with E-state index < -0.39 is 5.56 Å². The van der Waals surface area contributed by atoms with Crippen molar-refractivity contribution in [3.05, 3.63) is 25.1 Å². The number of nitrogens with zero attached hydrogens (tertiary/aromatic N) is 2. The first kappa shape index (κ1) is 18.2. The number of amides is 1. The number of halogens is 2. The van der Waals surface area contributed by atoms with E-state index in [1.165, 1.54) is 0 Å². The molecule has 0 aliphatic heterocycles. The molecule has 124 valence electrons. The van der Waals surface area contributed by atoms with Gasteiger partial charge in [0, 0.05) is 19.2 Å². The summed E-state index contributed by atoms with van der Waals surface area (Å²) < 4.78 is 5.65. The maximum absolute atomic E-state index is 12.1. The van der Waals surface area contributed by atoms with Crippen molar-refractivity contribution in [1.82, 2.24) is 20.5 Å². The number of aromatic amines is 1. The van der Waals surface area contributed by atoms with Gasteiger partial charge in [0.15, 0.2) is 10.9 Å². The van der Waals surface area contributed by atoms with Gasteiger partial charge < -0.3 is 10.1 Å². The molecule has 0 radical (unpaired) electrons. The van der Waals surface area contributed by atoms with Crippen molar-refractivity contribution < 1.29 is 9.53 Å². The number of rotatable bonds is 7. The Morgan fingerprint density at radius 1 is 1.48 bits per heavy atom. The van der Waals surface area contributed by atoms with Gasteiger partial charge >= 0.3 is 0 Å². The molecule has 0 saturated heterocycles. The molecule has 0 unspecified atom stereocenters. The van der Waals surface area contributed by atoms with Crippen LogP contribution >= 0.6 is 46.3 Å². The number of carbonyl (C=O) groups is 1. The summed E-state index contributed by atoms with van der Waals surface area (Å²) in [5, 5.41) is 10.7. The van der Waals surface area contributed by atoms with Gasteiger partial charge in [0.05, 0.1) is 16.7 Å². The Balaban J connectivity index is 2.01. The minimum atomic E-state index is -0.446. The van der Waals surface area contributed by atoms with E-state index >= 15 is 0 Å². The Morgan fingerprint density at radius 3 is 2.87 bits per heavy atom. The average Bonchev–Trinajstić information content (AvgIpc) is 2.84. The van der Waals surface area contributed by atoms with Crippen molar-refractivity contribution in [3.63, 3.8) is 0 Å². The highest BCUT2D eigenvalue weighted by molar-refractivity contribution is 7.99. The lowest BCUT2D eigenvalue weighted by Gasteiger charge is -2.04. The largest absolute Gasteiger partial charge is 0.383 e. The van der Waals surface area contributed by atoms with Crippen molar-refractivity contribution in [2.75, 3.05) is 26.0 Å². The second-order valence-corrected chi connectivity index (χ2v) is 7.43. The lowest BCUT2D eigenvalue weighted by atomic mass is 10.2. The predicted molar refractivity (Wildman–Crippen MR) is 91.6 cm³/mol. The molecule has 11 heteroatoms. The number of methoxy groups -OCH3 is 1. The van der Waals surface area contributed by atoms with Gasteiger partial charge in [0.2, 0.25) is 5.91 Å². The molecule has 2 heterocycles. The molecule has 0 aliphatic rings. The van der Waals surface area contributed by atoms with Crippen LogP contribution in [0.4, 0.5) is 0 Å². The van der Waals surface area contributed by atoms with Gasteiger partial charge in [-0.25, -0.2) is 0 Å². The lowest BCUT2D eigenvalue weighted by Crippen LogP contribution is -2.28. The molecular weight excluding hydrogens is 383 g/mol. The highest BCUT2D eigenvalue weighted by atomic mass is 35.5. The van der Waals surface area contributed by atoms with Crippen LogP contribution in [0.3, 0.4) is 0 Å². The number of carbonyl (C=O) groups excluding carboxylic acids is 1. The first-order chi connectivity index (χ1) is 11.0. The average molecular weight is 395 g/mol. The molecule has 0 saturated carbocycles. The number of hydrogen-bond donors (Lipinski definition) is 2. The highest BCUT2D eigenvalue weighted by Crippen LogP contribution is 2.35. The Kier molecular flexibility index (Phi) is 6.85. The zero-order chi connectivity index (χ0) is 16.8. The van der Waals surface area contributed by atoms with Gasteiger partial charge in [-0.2, -0.15) is 0 Å². The van der Waals surface area contributed by atoms with Crippen LogP contribution in [0.2, 0.25) is 8.67 Å². The molecule has 0 bridgehead atoms. The number of thioether (sulfide) groups is 1.